The van der Waals surface area contributed by atoms with Gasteiger partial charge in [-0.3, -0.25) is 4.79 Å². The number of piperidine rings is 1. The fourth-order valence-corrected chi connectivity index (χ4v) is 6.76. The minimum Gasteiger partial charge on any atom is -0.494 e. The standard InChI is InChI=1S/C27H33N7O2/c1-27(2)19-8-17(19)13-33-21(10-16-12-29-34(27)25(16)33)24-30-20-9-15(11-22(36-4)23(20)31(24)3)26(35)32-7-5-6-18(28)14-32/h9-12,17-19H,5-8,13-14,28H2,1-4H3/t17?,18-,19?/m1/s1. The summed E-state index contributed by atoms with van der Waals surface area (Å²) in [5.74, 6) is 2.80. The Hall–Kier alpha value is -3.33. The number of aromatic nitrogens is 5. The predicted octanol–water partition coefficient (Wildman–Crippen LogP) is 3.35. The van der Waals surface area contributed by atoms with E-state index < -0.39 is 0 Å². The number of aryl methyl sites for hydroxylation is 1. The number of nitrogens with two attached hydrogens (primary N) is 1. The third-order valence-electron chi connectivity index (χ3n) is 8.78. The molecule has 9 nitrogen and oxygen atoms in total. The molecule has 7 rings (SSSR count). The largest absolute Gasteiger partial charge is 0.494 e. The average Bonchev–Trinajstić information content (AvgIpc) is 3.26. The third-order valence-corrected chi connectivity index (χ3v) is 8.78. The second-order valence-corrected chi connectivity index (χ2v) is 11.4. The van der Waals surface area contributed by atoms with Crippen LogP contribution in [0.25, 0.3) is 33.6 Å². The first-order valence-electron chi connectivity index (χ1n) is 13.0. The lowest BCUT2D eigenvalue weighted by Gasteiger charge is -2.30. The topological polar surface area (TPSA) is 96.1 Å². The van der Waals surface area contributed by atoms with E-state index in [2.05, 4.69) is 33.7 Å². The van der Waals surface area contributed by atoms with Crippen molar-refractivity contribution in [2.24, 2.45) is 24.6 Å². The zero-order chi connectivity index (χ0) is 24.9. The van der Waals surface area contributed by atoms with Crippen molar-refractivity contribution in [1.82, 2.24) is 28.8 Å². The van der Waals surface area contributed by atoms with Crippen LogP contribution in [-0.2, 0) is 19.1 Å². The fourth-order valence-electron chi connectivity index (χ4n) is 6.76. The van der Waals surface area contributed by atoms with Crippen molar-refractivity contribution in [2.45, 2.75) is 51.2 Å². The molecule has 1 aliphatic carbocycles. The van der Waals surface area contributed by atoms with E-state index in [1.807, 2.05) is 30.3 Å². The van der Waals surface area contributed by atoms with Gasteiger partial charge >= 0.3 is 0 Å². The summed E-state index contributed by atoms with van der Waals surface area (Å²) in [5, 5.41) is 5.92. The molecule has 3 aromatic heterocycles. The zero-order valence-corrected chi connectivity index (χ0v) is 21.4. The Balaban J connectivity index is 1.37. The minimum absolute atomic E-state index is 0.00187. The molecule has 9 heteroatoms. The molecule has 0 bridgehead atoms. The van der Waals surface area contributed by atoms with E-state index in [1.54, 1.807) is 7.11 Å². The van der Waals surface area contributed by atoms with Gasteiger partial charge in [0.25, 0.3) is 5.91 Å². The number of amides is 1. The molecule has 0 radical (unpaired) electrons. The van der Waals surface area contributed by atoms with Crippen LogP contribution in [0.5, 0.6) is 5.75 Å². The highest BCUT2D eigenvalue weighted by Gasteiger charge is 2.52. The summed E-state index contributed by atoms with van der Waals surface area (Å²) in [7, 11) is 3.67. The van der Waals surface area contributed by atoms with Crippen LogP contribution < -0.4 is 10.5 Å². The number of rotatable bonds is 3. The van der Waals surface area contributed by atoms with E-state index in [4.69, 9.17) is 20.6 Å². The van der Waals surface area contributed by atoms with E-state index in [9.17, 15) is 4.79 Å². The first kappa shape index (κ1) is 21.9. The van der Waals surface area contributed by atoms with E-state index in [0.29, 0.717) is 29.7 Å². The molecule has 2 N–H and O–H groups in total. The lowest BCUT2D eigenvalue weighted by molar-refractivity contribution is 0.0708. The summed E-state index contributed by atoms with van der Waals surface area (Å²) in [6, 6.07) is 5.98. The van der Waals surface area contributed by atoms with Gasteiger partial charge in [0.15, 0.2) is 5.82 Å². The number of carbonyl (C=O) groups excluding carboxylic acids is 1. The molecule has 2 unspecified atom stereocenters. The molecule has 188 valence electrons. The highest BCUT2D eigenvalue weighted by molar-refractivity contribution is 6.00. The lowest BCUT2D eigenvalue weighted by Crippen LogP contribution is -2.45. The normalized spacial score (nSPS) is 24.7. The highest BCUT2D eigenvalue weighted by Crippen LogP contribution is 2.54. The smallest absolute Gasteiger partial charge is 0.254 e. The van der Waals surface area contributed by atoms with Gasteiger partial charge in [-0.1, -0.05) is 0 Å². The maximum Gasteiger partial charge on any atom is 0.254 e. The molecule has 3 aliphatic rings. The number of imidazole rings is 1. The molecular formula is C27H33N7O2. The number of ether oxygens (including phenoxy) is 1. The lowest BCUT2D eigenvalue weighted by atomic mass is 9.97. The molecule has 3 atom stereocenters. The number of benzene rings is 1. The molecule has 1 saturated heterocycles. The van der Waals surface area contributed by atoms with Gasteiger partial charge in [0.1, 0.15) is 16.9 Å². The van der Waals surface area contributed by atoms with Crippen LogP contribution in [0.2, 0.25) is 0 Å². The number of fused-ring (bicyclic) bond motifs is 2. The first-order chi connectivity index (χ1) is 17.3. The molecule has 1 saturated carbocycles. The quantitative estimate of drug-likeness (QED) is 0.478. The first-order valence-corrected chi connectivity index (χ1v) is 13.0. The molecule has 2 fully saturated rings. The van der Waals surface area contributed by atoms with E-state index in [0.717, 1.165) is 53.9 Å². The number of hydrogen-bond donors (Lipinski definition) is 1. The summed E-state index contributed by atoms with van der Waals surface area (Å²) in [6.07, 6.45) is 5.09. The Kier molecular flexibility index (Phi) is 4.47. The number of hydrogen-bond acceptors (Lipinski definition) is 5. The van der Waals surface area contributed by atoms with Gasteiger partial charge in [-0.25, -0.2) is 9.67 Å². The summed E-state index contributed by atoms with van der Waals surface area (Å²) < 4.78 is 12.5. The molecular weight excluding hydrogens is 454 g/mol. The molecule has 2 aliphatic heterocycles. The van der Waals surface area contributed by atoms with Gasteiger partial charge < -0.3 is 24.5 Å². The zero-order valence-electron chi connectivity index (χ0n) is 21.4. The maximum absolute atomic E-state index is 13.4. The SMILES string of the molecule is COc1cc(C(=O)N2CCC[C@@H](N)C2)cc2nc(-c3cc4cnn5c4n3CC3CC3C5(C)C)n(C)c12. The van der Waals surface area contributed by atoms with Gasteiger partial charge in [0, 0.05) is 43.7 Å². The summed E-state index contributed by atoms with van der Waals surface area (Å²) >= 11 is 0. The van der Waals surface area contributed by atoms with Gasteiger partial charge in [-0.2, -0.15) is 5.10 Å². The summed E-state index contributed by atoms with van der Waals surface area (Å²) in [6.45, 7) is 6.90. The van der Waals surface area contributed by atoms with Crippen molar-refractivity contribution >= 4 is 28.0 Å². The van der Waals surface area contributed by atoms with Crippen LogP contribution in [0.3, 0.4) is 0 Å². The Morgan fingerprint density at radius 3 is 2.83 bits per heavy atom. The van der Waals surface area contributed by atoms with Crippen molar-refractivity contribution in [3.05, 3.63) is 30.0 Å². The van der Waals surface area contributed by atoms with Crippen molar-refractivity contribution < 1.29 is 9.53 Å². The molecule has 1 aromatic carbocycles. The van der Waals surface area contributed by atoms with Crippen molar-refractivity contribution in [1.29, 1.82) is 0 Å². The predicted molar refractivity (Wildman–Crippen MR) is 138 cm³/mol. The molecule has 36 heavy (non-hydrogen) atoms. The summed E-state index contributed by atoms with van der Waals surface area (Å²) in [5.41, 5.74) is 10.6. The highest BCUT2D eigenvalue weighted by atomic mass is 16.5. The van der Waals surface area contributed by atoms with Crippen LogP contribution in [0.4, 0.5) is 0 Å². The molecule has 0 spiro atoms. The van der Waals surface area contributed by atoms with Crippen molar-refractivity contribution in [2.75, 3.05) is 20.2 Å². The fraction of sp³-hybridized carbons (Fsp3) is 0.519. The van der Waals surface area contributed by atoms with E-state index >= 15 is 0 Å². The Bertz CT molecular complexity index is 1540. The Labute approximate surface area is 209 Å². The van der Waals surface area contributed by atoms with Crippen LogP contribution in [0, 0.1) is 11.8 Å². The van der Waals surface area contributed by atoms with Gasteiger partial charge in [0.05, 0.1) is 30.1 Å². The van der Waals surface area contributed by atoms with Crippen molar-refractivity contribution in [3.8, 4) is 17.3 Å². The van der Waals surface area contributed by atoms with E-state index in [-0.39, 0.29) is 17.5 Å². The Morgan fingerprint density at radius 2 is 2.06 bits per heavy atom. The molecule has 5 heterocycles. The second kappa shape index (κ2) is 7.35. The molecule has 4 aromatic rings. The average molecular weight is 488 g/mol. The monoisotopic (exact) mass is 487 g/mol. The van der Waals surface area contributed by atoms with Gasteiger partial charge in [-0.05, 0) is 63.1 Å². The number of carbonyl (C=O) groups is 1. The van der Waals surface area contributed by atoms with Crippen LogP contribution in [0.1, 0.15) is 43.5 Å². The number of nitrogens with zero attached hydrogens (tertiary/aromatic N) is 6. The summed E-state index contributed by atoms with van der Waals surface area (Å²) in [4.78, 5) is 20.3. The Morgan fingerprint density at radius 1 is 1.22 bits per heavy atom. The van der Waals surface area contributed by atoms with Gasteiger partial charge in [0.2, 0.25) is 0 Å². The van der Waals surface area contributed by atoms with Crippen LogP contribution in [-0.4, -0.2) is 60.9 Å². The van der Waals surface area contributed by atoms with Crippen molar-refractivity contribution in [3.63, 3.8) is 0 Å². The van der Waals surface area contributed by atoms with Gasteiger partial charge in [-0.15, -0.1) is 0 Å². The maximum atomic E-state index is 13.4. The van der Waals surface area contributed by atoms with E-state index in [1.165, 1.54) is 12.1 Å². The third kappa shape index (κ3) is 2.95. The minimum atomic E-state index is -0.0142. The number of methoxy groups -OCH3 is 1. The molecule has 1 amide bonds. The van der Waals surface area contributed by atoms with Crippen LogP contribution in [0.15, 0.2) is 24.4 Å². The number of likely N-dealkylation sites (tertiary alicyclic amines) is 1. The second-order valence-electron chi connectivity index (χ2n) is 11.4. The van der Waals surface area contributed by atoms with Crippen LogP contribution >= 0.6 is 0 Å².